The first-order valence-electron chi connectivity index (χ1n) is 7.01. The molecule has 0 unspecified atom stereocenters. The van der Waals surface area contributed by atoms with E-state index in [0.717, 1.165) is 24.5 Å². The fourth-order valence-corrected chi connectivity index (χ4v) is 2.79. The molecule has 1 saturated carbocycles. The van der Waals surface area contributed by atoms with Gasteiger partial charge in [-0.05, 0) is 38.5 Å². The van der Waals surface area contributed by atoms with Crippen LogP contribution in [0.25, 0.3) is 5.82 Å². The Morgan fingerprint density at radius 1 is 1.16 bits per heavy atom. The molecule has 2 aliphatic rings. The average molecular weight is 255 g/mol. The highest BCUT2D eigenvalue weighted by molar-refractivity contribution is 5.40. The summed E-state index contributed by atoms with van der Waals surface area (Å²) in [5.41, 5.74) is 8.44. The predicted molar refractivity (Wildman–Crippen MR) is 72.2 cm³/mol. The van der Waals surface area contributed by atoms with Crippen molar-refractivity contribution in [3.63, 3.8) is 0 Å². The summed E-state index contributed by atoms with van der Waals surface area (Å²) < 4.78 is 2.10. The number of anilines is 1. The number of nitrogens with zero attached hydrogens (tertiary/aromatic N) is 4. The number of fused-ring (bicyclic) bond motifs is 1. The molecule has 98 valence electrons. The average Bonchev–Trinajstić information content (AvgIpc) is 3.18. The lowest BCUT2D eigenvalue weighted by molar-refractivity contribution is 0.653. The van der Waals surface area contributed by atoms with Crippen molar-refractivity contribution in [3.8, 4) is 5.82 Å². The highest BCUT2D eigenvalue weighted by Gasteiger charge is 2.27. The second-order valence-corrected chi connectivity index (χ2v) is 5.50. The molecule has 0 amide bonds. The highest BCUT2D eigenvalue weighted by atomic mass is 15.1. The monoisotopic (exact) mass is 255 g/mol. The Morgan fingerprint density at radius 3 is 2.84 bits per heavy atom. The van der Waals surface area contributed by atoms with E-state index in [2.05, 4.69) is 19.5 Å². The van der Waals surface area contributed by atoms with E-state index in [1.807, 2.05) is 12.4 Å². The molecule has 0 aliphatic heterocycles. The maximum absolute atomic E-state index is 5.92. The van der Waals surface area contributed by atoms with Gasteiger partial charge >= 0.3 is 0 Å². The summed E-state index contributed by atoms with van der Waals surface area (Å²) in [5, 5.41) is 0. The van der Waals surface area contributed by atoms with Crippen LogP contribution >= 0.6 is 0 Å². The number of hydrogen-bond acceptors (Lipinski definition) is 4. The predicted octanol–water partition coefficient (Wildman–Crippen LogP) is 2.00. The number of aryl methyl sites for hydroxylation is 1. The van der Waals surface area contributed by atoms with Crippen molar-refractivity contribution >= 4 is 5.82 Å². The van der Waals surface area contributed by atoms with Crippen LogP contribution in [0.5, 0.6) is 0 Å². The molecule has 2 heterocycles. The Balaban J connectivity index is 1.81. The molecule has 0 spiro atoms. The zero-order chi connectivity index (χ0) is 12.8. The normalized spacial score (nSPS) is 18.3. The molecule has 1 fully saturated rings. The fourth-order valence-electron chi connectivity index (χ4n) is 2.79. The molecule has 0 saturated heterocycles. The largest absolute Gasteiger partial charge is 0.384 e. The van der Waals surface area contributed by atoms with Crippen molar-refractivity contribution < 1.29 is 0 Å². The minimum atomic E-state index is 0.515. The van der Waals surface area contributed by atoms with Crippen LogP contribution in [0, 0.1) is 0 Å². The van der Waals surface area contributed by atoms with Gasteiger partial charge in [0.15, 0.2) is 0 Å². The van der Waals surface area contributed by atoms with Gasteiger partial charge in [-0.25, -0.2) is 15.0 Å². The molecule has 2 aromatic heterocycles. The second kappa shape index (κ2) is 4.05. The van der Waals surface area contributed by atoms with Crippen molar-refractivity contribution in [2.45, 2.75) is 44.4 Å². The molecular formula is C14H17N5. The molecule has 0 aromatic carbocycles. The molecule has 5 heteroatoms. The number of aromatic nitrogens is 4. The lowest BCUT2D eigenvalue weighted by Gasteiger charge is -2.14. The number of nitrogen functional groups attached to an aromatic ring is 1. The number of imidazole rings is 1. The van der Waals surface area contributed by atoms with Gasteiger partial charge in [-0.1, -0.05) is 0 Å². The molecule has 0 bridgehead atoms. The number of hydrogen-bond donors (Lipinski definition) is 1. The third-order valence-electron chi connectivity index (χ3n) is 3.97. The van der Waals surface area contributed by atoms with Crippen molar-refractivity contribution in [2.24, 2.45) is 0 Å². The van der Waals surface area contributed by atoms with Crippen LogP contribution in [0.4, 0.5) is 5.82 Å². The maximum Gasteiger partial charge on any atom is 0.143 e. The van der Waals surface area contributed by atoms with Gasteiger partial charge in [0, 0.05) is 17.7 Å². The van der Waals surface area contributed by atoms with Crippen LogP contribution in [0.15, 0.2) is 12.4 Å². The van der Waals surface area contributed by atoms with Gasteiger partial charge in [0.2, 0.25) is 0 Å². The third-order valence-corrected chi connectivity index (χ3v) is 3.97. The summed E-state index contributed by atoms with van der Waals surface area (Å²) in [5.74, 6) is 2.85. The van der Waals surface area contributed by atoms with E-state index in [1.165, 1.54) is 37.1 Å². The van der Waals surface area contributed by atoms with E-state index < -0.39 is 0 Å². The van der Waals surface area contributed by atoms with E-state index in [-0.39, 0.29) is 0 Å². The Kier molecular flexibility index (Phi) is 2.33. The first-order chi connectivity index (χ1) is 9.31. The van der Waals surface area contributed by atoms with E-state index >= 15 is 0 Å². The first kappa shape index (κ1) is 11.0. The van der Waals surface area contributed by atoms with Gasteiger partial charge in [-0.15, -0.1) is 0 Å². The second-order valence-electron chi connectivity index (χ2n) is 5.50. The van der Waals surface area contributed by atoms with E-state index in [0.29, 0.717) is 11.7 Å². The lowest BCUT2D eigenvalue weighted by Crippen LogP contribution is -2.10. The minimum Gasteiger partial charge on any atom is -0.384 e. The van der Waals surface area contributed by atoms with Crippen molar-refractivity contribution in [2.75, 3.05) is 5.73 Å². The van der Waals surface area contributed by atoms with Gasteiger partial charge in [-0.3, -0.25) is 4.57 Å². The van der Waals surface area contributed by atoms with Crippen LogP contribution in [-0.4, -0.2) is 19.5 Å². The summed E-state index contributed by atoms with van der Waals surface area (Å²) in [6.07, 6.45) is 8.89. The van der Waals surface area contributed by atoms with E-state index in [1.54, 1.807) is 0 Å². The third kappa shape index (κ3) is 1.89. The van der Waals surface area contributed by atoms with Crippen LogP contribution in [0.1, 0.15) is 48.8 Å². The molecular weight excluding hydrogens is 238 g/mol. The Hall–Kier alpha value is -1.91. The quantitative estimate of drug-likeness (QED) is 0.891. The van der Waals surface area contributed by atoms with Crippen LogP contribution in [0.2, 0.25) is 0 Å². The van der Waals surface area contributed by atoms with Crippen molar-refractivity contribution in [3.05, 3.63) is 29.6 Å². The Morgan fingerprint density at radius 2 is 2.00 bits per heavy atom. The summed E-state index contributed by atoms with van der Waals surface area (Å²) in [4.78, 5) is 13.5. The first-order valence-corrected chi connectivity index (χ1v) is 7.01. The number of rotatable bonds is 2. The Labute approximate surface area is 111 Å². The topological polar surface area (TPSA) is 69.6 Å². The molecule has 2 aromatic rings. The van der Waals surface area contributed by atoms with Crippen LogP contribution in [-0.2, 0) is 12.8 Å². The molecule has 19 heavy (non-hydrogen) atoms. The van der Waals surface area contributed by atoms with Crippen molar-refractivity contribution in [1.82, 2.24) is 19.5 Å². The highest BCUT2D eigenvalue weighted by Crippen LogP contribution is 2.38. The summed E-state index contributed by atoms with van der Waals surface area (Å²) in [6, 6.07) is 1.85. The number of nitrogens with two attached hydrogens (primary N) is 1. The Bertz CT molecular complexity index is 627. The van der Waals surface area contributed by atoms with Gasteiger partial charge < -0.3 is 5.73 Å². The van der Waals surface area contributed by atoms with Gasteiger partial charge in [0.05, 0.1) is 5.69 Å². The summed E-state index contributed by atoms with van der Waals surface area (Å²) in [6.45, 7) is 0. The van der Waals surface area contributed by atoms with Crippen LogP contribution < -0.4 is 5.73 Å². The van der Waals surface area contributed by atoms with Crippen LogP contribution in [0.3, 0.4) is 0 Å². The van der Waals surface area contributed by atoms with Crippen molar-refractivity contribution in [1.29, 1.82) is 0 Å². The van der Waals surface area contributed by atoms with Gasteiger partial charge in [-0.2, -0.15) is 0 Å². The zero-order valence-corrected chi connectivity index (χ0v) is 10.8. The smallest absolute Gasteiger partial charge is 0.143 e. The maximum atomic E-state index is 5.92. The molecule has 2 N–H and O–H groups in total. The molecule has 0 radical (unpaired) electrons. The van der Waals surface area contributed by atoms with Gasteiger partial charge in [0.25, 0.3) is 0 Å². The molecule has 0 atom stereocenters. The molecule has 2 aliphatic carbocycles. The summed E-state index contributed by atoms with van der Waals surface area (Å²) >= 11 is 0. The SMILES string of the molecule is Nc1cc(-n2cnc3c2CCCC3)nc(C2CC2)n1. The standard InChI is InChI=1S/C14H17N5/c15-12-7-13(18-14(17-12)9-5-6-9)19-8-16-10-3-1-2-4-11(10)19/h7-9H,1-6H2,(H2,15,17,18). The zero-order valence-electron chi connectivity index (χ0n) is 10.8. The molecule has 4 rings (SSSR count). The minimum absolute atomic E-state index is 0.515. The lowest BCUT2D eigenvalue weighted by atomic mass is 10.0. The summed E-state index contributed by atoms with van der Waals surface area (Å²) in [7, 11) is 0. The molecule has 5 nitrogen and oxygen atoms in total. The van der Waals surface area contributed by atoms with E-state index in [4.69, 9.17) is 5.73 Å². The van der Waals surface area contributed by atoms with Gasteiger partial charge in [0.1, 0.15) is 23.8 Å². The fraction of sp³-hybridized carbons (Fsp3) is 0.500. The van der Waals surface area contributed by atoms with E-state index in [9.17, 15) is 0 Å².